The van der Waals surface area contributed by atoms with E-state index < -0.39 is 0 Å². The van der Waals surface area contributed by atoms with Crippen molar-refractivity contribution in [2.75, 3.05) is 13.1 Å². The Hall–Kier alpha value is -0.940. The van der Waals surface area contributed by atoms with E-state index >= 15 is 0 Å². The predicted octanol–water partition coefficient (Wildman–Crippen LogP) is 1.46. The van der Waals surface area contributed by atoms with Crippen LogP contribution in [0, 0.1) is 6.92 Å². The van der Waals surface area contributed by atoms with Crippen molar-refractivity contribution in [1.82, 2.24) is 15.6 Å². The first kappa shape index (κ1) is 13.1. The molecule has 0 saturated heterocycles. The lowest BCUT2D eigenvalue weighted by Crippen LogP contribution is -2.27. The van der Waals surface area contributed by atoms with E-state index in [1.54, 1.807) is 11.3 Å². The lowest BCUT2D eigenvalue weighted by molar-refractivity contribution is -0.120. The van der Waals surface area contributed by atoms with Crippen molar-refractivity contribution in [2.24, 2.45) is 0 Å². The van der Waals surface area contributed by atoms with Crippen molar-refractivity contribution >= 4 is 17.2 Å². The monoisotopic (exact) mass is 241 g/mol. The van der Waals surface area contributed by atoms with Crippen molar-refractivity contribution in [3.05, 3.63) is 16.1 Å². The van der Waals surface area contributed by atoms with Crippen LogP contribution in [0.1, 0.15) is 29.7 Å². The fourth-order valence-corrected chi connectivity index (χ4v) is 2.02. The maximum Gasteiger partial charge on any atom is 0.221 e. The normalized spacial score (nSPS) is 10.4. The number of carbonyl (C=O) groups is 1. The minimum Gasteiger partial charge on any atom is -0.356 e. The summed E-state index contributed by atoms with van der Waals surface area (Å²) in [5.41, 5.74) is 0. The molecule has 1 aromatic rings. The zero-order valence-electron chi connectivity index (χ0n) is 9.88. The van der Waals surface area contributed by atoms with Crippen LogP contribution in [0.4, 0.5) is 0 Å². The summed E-state index contributed by atoms with van der Waals surface area (Å²) in [4.78, 5) is 16.6. The van der Waals surface area contributed by atoms with E-state index in [0.717, 1.165) is 24.5 Å². The molecule has 16 heavy (non-hydrogen) atoms. The van der Waals surface area contributed by atoms with Crippen LogP contribution in [-0.4, -0.2) is 24.0 Å². The molecule has 5 heteroatoms. The molecule has 0 bridgehead atoms. The summed E-state index contributed by atoms with van der Waals surface area (Å²) in [6.45, 7) is 6.32. The van der Waals surface area contributed by atoms with Gasteiger partial charge in [0.15, 0.2) is 0 Å². The summed E-state index contributed by atoms with van der Waals surface area (Å²) >= 11 is 1.69. The Balaban J connectivity index is 2.05. The standard InChI is InChI=1S/C11H19N3OS/c1-3-5-13-11(15)4-6-12-7-10-8-14-9(2)16-10/h8,12H,3-7H2,1-2H3,(H,13,15). The highest BCUT2D eigenvalue weighted by Gasteiger charge is 2.00. The van der Waals surface area contributed by atoms with E-state index in [4.69, 9.17) is 0 Å². The Morgan fingerprint density at radius 2 is 2.31 bits per heavy atom. The Kier molecular flexibility index (Phi) is 6.03. The van der Waals surface area contributed by atoms with Gasteiger partial charge < -0.3 is 10.6 Å². The van der Waals surface area contributed by atoms with Crippen LogP contribution < -0.4 is 10.6 Å². The molecule has 4 nitrogen and oxygen atoms in total. The topological polar surface area (TPSA) is 54.0 Å². The molecule has 0 aliphatic rings. The summed E-state index contributed by atoms with van der Waals surface area (Å²) < 4.78 is 0. The molecular formula is C11H19N3OS. The third-order valence-corrected chi connectivity index (χ3v) is 2.98. The van der Waals surface area contributed by atoms with Gasteiger partial charge in [-0.05, 0) is 13.3 Å². The molecule has 0 unspecified atom stereocenters. The van der Waals surface area contributed by atoms with E-state index in [0.29, 0.717) is 13.0 Å². The van der Waals surface area contributed by atoms with Gasteiger partial charge in [-0.25, -0.2) is 4.98 Å². The predicted molar refractivity (Wildman–Crippen MR) is 66.5 cm³/mol. The van der Waals surface area contributed by atoms with Crippen molar-refractivity contribution < 1.29 is 4.79 Å². The summed E-state index contributed by atoms with van der Waals surface area (Å²) in [5, 5.41) is 7.16. The SMILES string of the molecule is CCCNC(=O)CCNCc1cnc(C)s1. The van der Waals surface area contributed by atoms with Gasteiger partial charge in [-0.15, -0.1) is 11.3 Å². The minimum absolute atomic E-state index is 0.120. The average Bonchev–Trinajstić information content (AvgIpc) is 2.67. The van der Waals surface area contributed by atoms with E-state index in [-0.39, 0.29) is 5.91 Å². The van der Waals surface area contributed by atoms with E-state index in [2.05, 4.69) is 15.6 Å². The number of amides is 1. The Morgan fingerprint density at radius 1 is 1.50 bits per heavy atom. The third kappa shape index (κ3) is 5.23. The molecule has 0 saturated carbocycles. The molecule has 0 fully saturated rings. The average molecular weight is 241 g/mol. The second-order valence-electron chi connectivity index (χ2n) is 3.62. The van der Waals surface area contributed by atoms with Gasteiger partial charge in [0.2, 0.25) is 5.91 Å². The van der Waals surface area contributed by atoms with Crippen LogP contribution in [0.3, 0.4) is 0 Å². The van der Waals surface area contributed by atoms with E-state index in [1.807, 2.05) is 20.0 Å². The van der Waals surface area contributed by atoms with E-state index in [9.17, 15) is 4.79 Å². The van der Waals surface area contributed by atoms with Gasteiger partial charge in [-0.3, -0.25) is 4.79 Å². The lowest BCUT2D eigenvalue weighted by atomic mass is 10.3. The van der Waals surface area contributed by atoms with Gasteiger partial charge in [-0.2, -0.15) is 0 Å². The number of thiazole rings is 1. The summed E-state index contributed by atoms with van der Waals surface area (Å²) in [7, 11) is 0. The van der Waals surface area contributed by atoms with Crippen LogP contribution in [0.5, 0.6) is 0 Å². The Labute approximate surface area is 100 Å². The molecule has 1 heterocycles. The number of rotatable bonds is 7. The minimum atomic E-state index is 0.120. The smallest absolute Gasteiger partial charge is 0.221 e. The molecule has 1 rings (SSSR count). The molecule has 0 aliphatic heterocycles. The number of carbonyl (C=O) groups excluding carboxylic acids is 1. The van der Waals surface area contributed by atoms with Crippen molar-refractivity contribution in [3.63, 3.8) is 0 Å². The molecule has 0 aromatic carbocycles. The summed E-state index contributed by atoms with van der Waals surface area (Å²) in [6, 6.07) is 0. The Bertz CT molecular complexity index is 325. The molecule has 90 valence electrons. The third-order valence-electron chi connectivity index (χ3n) is 2.07. The number of nitrogens with one attached hydrogen (secondary N) is 2. The molecule has 1 amide bonds. The van der Waals surface area contributed by atoms with E-state index in [1.165, 1.54) is 4.88 Å². The molecule has 0 aliphatic carbocycles. The van der Waals surface area contributed by atoms with Crippen molar-refractivity contribution in [1.29, 1.82) is 0 Å². The second kappa shape index (κ2) is 7.35. The number of hydrogen-bond donors (Lipinski definition) is 2. The highest BCUT2D eigenvalue weighted by atomic mass is 32.1. The highest BCUT2D eigenvalue weighted by molar-refractivity contribution is 7.11. The van der Waals surface area contributed by atoms with Crippen molar-refractivity contribution in [2.45, 2.75) is 33.2 Å². The van der Waals surface area contributed by atoms with Gasteiger partial charge in [0.25, 0.3) is 0 Å². The molecule has 0 atom stereocenters. The maximum absolute atomic E-state index is 11.3. The first-order valence-corrected chi connectivity index (χ1v) is 6.42. The largest absolute Gasteiger partial charge is 0.356 e. The second-order valence-corrected chi connectivity index (χ2v) is 4.94. The van der Waals surface area contributed by atoms with Gasteiger partial charge in [0.1, 0.15) is 0 Å². The zero-order valence-corrected chi connectivity index (χ0v) is 10.7. The fourth-order valence-electron chi connectivity index (χ4n) is 1.25. The summed E-state index contributed by atoms with van der Waals surface area (Å²) in [5.74, 6) is 0.120. The van der Waals surface area contributed by atoms with Crippen LogP contribution in [0.2, 0.25) is 0 Å². The highest BCUT2D eigenvalue weighted by Crippen LogP contribution is 2.10. The van der Waals surface area contributed by atoms with Crippen LogP contribution in [-0.2, 0) is 11.3 Å². The number of aromatic nitrogens is 1. The molecular weight excluding hydrogens is 222 g/mol. The molecule has 2 N–H and O–H groups in total. The molecule has 0 radical (unpaired) electrons. The van der Waals surface area contributed by atoms with Gasteiger partial charge in [0.05, 0.1) is 5.01 Å². The van der Waals surface area contributed by atoms with Gasteiger partial charge >= 0.3 is 0 Å². The Morgan fingerprint density at radius 3 is 2.94 bits per heavy atom. The van der Waals surface area contributed by atoms with Crippen LogP contribution >= 0.6 is 11.3 Å². The van der Waals surface area contributed by atoms with Gasteiger partial charge in [0, 0.05) is 37.1 Å². The number of aryl methyl sites for hydroxylation is 1. The van der Waals surface area contributed by atoms with Crippen LogP contribution in [0.15, 0.2) is 6.20 Å². The first-order chi connectivity index (χ1) is 7.72. The molecule has 1 aromatic heterocycles. The summed E-state index contributed by atoms with van der Waals surface area (Å²) in [6.07, 6.45) is 3.40. The number of nitrogens with zero attached hydrogens (tertiary/aromatic N) is 1. The quantitative estimate of drug-likeness (QED) is 0.711. The zero-order chi connectivity index (χ0) is 11.8. The number of hydrogen-bond acceptors (Lipinski definition) is 4. The fraction of sp³-hybridized carbons (Fsp3) is 0.636. The van der Waals surface area contributed by atoms with Crippen LogP contribution in [0.25, 0.3) is 0 Å². The molecule has 0 spiro atoms. The lowest BCUT2D eigenvalue weighted by Gasteiger charge is -2.04. The maximum atomic E-state index is 11.3. The first-order valence-electron chi connectivity index (χ1n) is 5.61. The van der Waals surface area contributed by atoms with Gasteiger partial charge in [-0.1, -0.05) is 6.92 Å². The van der Waals surface area contributed by atoms with Crippen molar-refractivity contribution in [3.8, 4) is 0 Å².